The molecule has 1 amide bonds. The fourth-order valence-electron chi connectivity index (χ4n) is 2.43. The van der Waals surface area contributed by atoms with Crippen molar-refractivity contribution in [3.05, 3.63) is 34.2 Å². The summed E-state index contributed by atoms with van der Waals surface area (Å²) in [6, 6.07) is 1.66. The smallest absolute Gasteiger partial charge is 0.257 e. The summed E-state index contributed by atoms with van der Waals surface area (Å²) < 4.78 is 4.94. The Bertz CT molecular complexity index is 590. The Morgan fingerprint density at radius 2 is 2.14 bits per heavy atom. The van der Waals surface area contributed by atoms with Crippen LogP contribution < -0.4 is 0 Å². The summed E-state index contributed by atoms with van der Waals surface area (Å²) in [6.07, 6.45) is 5.50. The molecule has 3 rings (SSSR count). The Morgan fingerprint density at radius 3 is 2.86 bits per heavy atom. The molecule has 2 aromatic heterocycles. The molecule has 0 saturated carbocycles. The van der Waals surface area contributed by atoms with Crippen molar-refractivity contribution in [3.63, 3.8) is 0 Å². The second-order valence-corrected chi connectivity index (χ2v) is 6.39. The maximum Gasteiger partial charge on any atom is 0.257 e. The third kappa shape index (κ3) is 3.48. The van der Waals surface area contributed by atoms with Crippen LogP contribution in [0, 0.1) is 0 Å². The lowest BCUT2D eigenvalue weighted by atomic mass is 10.3. The predicted molar refractivity (Wildman–Crippen MR) is 78.9 cm³/mol. The Morgan fingerprint density at radius 1 is 1.38 bits per heavy atom. The molecule has 0 atom stereocenters. The lowest BCUT2D eigenvalue weighted by molar-refractivity contribution is 0.0784. The molecule has 0 bridgehead atoms. The van der Waals surface area contributed by atoms with Crippen LogP contribution in [0.5, 0.6) is 0 Å². The summed E-state index contributed by atoms with van der Waals surface area (Å²) >= 11 is 1.58. The van der Waals surface area contributed by atoms with E-state index in [0.717, 1.165) is 29.6 Å². The van der Waals surface area contributed by atoms with E-state index in [1.165, 1.54) is 25.4 Å². The van der Waals surface area contributed by atoms with E-state index in [9.17, 15) is 4.79 Å². The van der Waals surface area contributed by atoms with Gasteiger partial charge in [-0.15, -0.1) is 10.2 Å². The molecule has 21 heavy (non-hydrogen) atoms. The van der Waals surface area contributed by atoms with Crippen molar-refractivity contribution in [2.75, 3.05) is 20.1 Å². The summed E-state index contributed by atoms with van der Waals surface area (Å²) in [5.74, 6) is -0.0694. The van der Waals surface area contributed by atoms with Crippen LogP contribution in [0.1, 0.15) is 33.2 Å². The Hall–Kier alpha value is -1.73. The van der Waals surface area contributed by atoms with E-state index in [1.807, 2.05) is 0 Å². The van der Waals surface area contributed by atoms with Crippen molar-refractivity contribution in [1.82, 2.24) is 20.0 Å². The first-order valence-corrected chi connectivity index (χ1v) is 7.85. The molecule has 7 heteroatoms. The molecule has 0 spiro atoms. The van der Waals surface area contributed by atoms with E-state index >= 15 is 0 Å². The fourth-order valence-corrected chi connectivity index (χ4v) is 3.37. The SMILES string of the molecule is CN(Cc1nnc(CN2CCCC2)s1)C(=O)c1ccoc1. The van der Waals surface area contributed by atoms with Crippen LogP contribution in [0.4, 0.5) is 0 Å². The fraction of sp³-hybridized carbons (Fsp3) is 0.500. The van der Waals surface area contributed by atoms with Gasteiger partial charge in [-0.25, -0.2) is 0 Å². The van der Waals surface area contributed by atoms with E-state index < -0.39 is 0 Å². The van der Waals surface area contributed by atoms with Gasteiger partial charge in [0.15, 0.2) is 0 Å². The summed E-state index contributed by atoms with van der Waals surface area (Å²) in [7, 11) is 1.76. The zero-order valence-corrected chi connectivity index (χ0v) is 12.8. The van der Waals surface area contributed by atoms with E-state index in [0.29, 0.717) is 12.1 Å². The van der Waals surface area contributed by atoms with Gasteiger partial charge >= 0.3 is 0 Å². The Balaban J connectivity index is 1.57. The molecule has 6 nitrogen and oxygen atoms in total. The summed E-state index contributed by atoms with van der Waals surface area (Å²) in [4.78, 5) is 16.1. The van der Waals surface area contributed by atoms with Crippen molar-refractivity contribution in [3.8, 4) is 0 Å². The molecular formula is C14H18N4O2S. The minimum Gasteiger partial charge on any atom is -0.472 e. The number of likely N-dealkylation sites (tertiary alicyclic amines) is 1. The molecule has 0 aliphatic carbocycles. The van der Waals surface area contributed by atoms with Gasteiger partial charge < -0.3 is 9.32 Å². The highest BCUT2D eigenvalue weighted by Gasteiger charge is 2.17. The maximum atomic E-state index is 12.1. The zero-order valence-electron chi connectivity index (χ0n) is 12.0. The number of amides is 1. The van der Waals surface area contributed by atoms with Crippen molar-refractivity contribution in [2.24, 2.45) is 0 Å². The maximum absolute atomic E-state index is 12.1. The van der Waals surface area contributed by atoms with Gasteiger partial charge in [0.05, 0.1) is 24.9 Å². The van der Waals surface area contributed by atoms with Crippen LogP contribution in [-0.4, -0.2) is 46.0 Å². The Labute approximate surface area is 127 Å². The molecule has 3 heterocycles. The Kier molecular flexibility index (Phi) is 4.31. The highest BCUT2D eigenvalue weighted by molar-refractivity contribution is 7.11. The monoisotopic (exact) mass is 306 g/mol. The van der Waals surface area contributed by atoms with Gasteiger partial charge in [-0.3, -0.25) is 9.69 Å². The molecule has 0 aromatic carbocycles. The van der Waals surface area contributed by atoms with E-state index in [2.05, 4.69) is 15.1 Å². The van der Waals surface area contributed by atoms with Crippen molar-refractivity contribution < 1.29 is 9.21 Å². The molecule has 1 aliphatic rings. The van der Waals surface area contributed by atoms with Gasteiger partial charge in [-0.1, -0.05) is 11.3 Å². The minimum absolute atomic E-state index is 0.0694. The van der Waals surface area contributed by atoms with Crippen molar-refractivity contribution in [2.45, 2.75) is 25.9 Å². The number of aromatic nitrogens is 2. The molecule has 1 aliphatic heterocycles. The normalized spacial score (nSPS) is 15.5. The third-order valence-electron chi connectivity index (χ3n) is 3.55. The highest BCUT2D eigenvalue weighted by atomic mass is 32.1. The average molecular weight is 306 g/mol. The second kappa shape index (κ2) is 6.36. The number of carbonyl (C=O) groups is 1. The van der Waals surface area contributed by atoms with Crippen LogP contribution in [-0.2, 0) is 13.1 Å². The van der Waals surface area contributed by atoms with Gasteiger partial charge in [-0.2, -0.15) is 0 Å². The van der Waals surface area contributed by atoms with E-state index in [4.69, 9.17) is 4.42 Å². The van der Waals surface area contributed by atoms with Crippen LogP contribution in [0.3, 0.4) is 0 Å². The first-order chi connectivity index (χ1) is 10.2. The van der Waals surface area contributed by atoms with Gasteiger partial charge in [-0.05, 0) is 32.0 Å². The van der Waals surface area contributed by atoms with Gasteiger partial charge in [0.1, 0.15) is 16.3 Å². The summed E-state index contributed by atoms with van der Waals surface area (Å²) in [5, 5.41) is 10.3. The minimum atomic E-state index is -0.0694. The zero-order chi connectivity index (χ0) is 14.7. The number of rotatable bonds is 5. The largest absolute Gasteiger partial charge is 0.472 e. The number of hydrogen-bond donors (Lipinski definition) is 0. The lowest BCUT2D eigenvalue weighted by Gasteiger charge is -2.13. The third-order valence-corrected chi connectivity index (χ3v) is 4.45. The first kappa shape index (κ1) is 14.2. The van der Waals surface area contributed by atoms with Crippen LogP contribution in [0.15, 0.2) is 23.0 Å². The number of nitrogens with zero attached hydrogens (tertiary/aromatic N) is 4. The van der Waals surface area contributed by atoms with E-state index in [-0.39, 0.29) is 5.91 Å². The first-order valence-electron chi connectivity index (χ1n) is 7.03. The molecule has 1 fully saturated rings. The van der Waals surface area contributed by atoms with Gasteiger partial charge in [0, 0.05) is 7.05 Å². The predicted octanol–water partition coefficient (Wildman–Crippen LogP) is 2.00. The summed E-state index contributed by atoms with van der Waals surface area (Å²) in [6.45, 7) is 3.64. The molecule has 112 valence electrons. The standard InChI is InChI=1S/C14H18N4O2S/c1-17(14(19)11-4-7-20-10-11)8-12-15-16-13(21-12)9-18-5-2-3-6-18/h4,7,10H,2-3,5-6,8-9H2,1H3. The van der Waals surface area contributed by atoms with Crippen molar-refractivity contribution >= 4 is 17.2 Å². The van der Waals surface area contributed by atoms with E-state index in [1.54, 1.807) is 29.4 Å². The van der Waals surface area contributed by atoms with Crippen molar-refractivity contribution in [1.29, 1.82) is 0 Å². The van der Waals surface area contributed by atoms with Crippen LogP contribution in [0.2, 0.25) is 0 Å². The molecule has 1 saturated heterocycles. The molecule has 0 radical (unpaired) electrons. The number of furan rings is 1. The topological polar surface area (TPSA) is 62.5 Å². The average Bonchev–Trinajstić information content (AvgIpc) is 3.20. The molecule has 0 unspecified atom stereocenters. The molecular weight excluding hydrogens is 288 g/mol. The quantitative estimate of drug-likeness (QED) is 0.845. The van der Waals surface area contributed by atoms with Crippen LogP contribution in [0.25, 0.3) is 0 Å². The number of carbonyl (C=O) groups excluding carboxylic acids is 1. The van der Waals surface area contributed by atoms with Crippen LogP contribution >= 0.6 is 11.3 Å². The second-order valence-electron chi connectivity index (χ2n) is 5.25. The molecule has 0 N–H and O–H groups in total. The van der Waals surface area contributed by atoms with Gasteiger partial charge in [0.2, 0.25) is 0 Å². The highest BCUT2D eigenvalue weighted by Crippen LogP contribution is 2.17. The van der Waals surface area contributed by atoms with Gasteiger partial charge in [0.25, 0.3) is 5.91 Å². The number of hydrogen-bond acceptors (Lipinski definition) is 6. The summed E-state index contributed by atoms with van der Waals surface area (Å²) in [5.41, 5.74) is 0.555. The molecule has 2 aromatic rings. The lowest BCUT2D eigenvalue weighted by Crippen LogP contribution is -2.25.